The SMILES string of the molecule is CCCC(=O)CC(=O)c1ccc(OC)c(OC)c1. The average Bonchev–Trinajstić information content (AvgIpc) is 2.38. The maximum absolute atomic E-state index is 11.9. The van der Waals surface area contributed by atoms with E-state index >= 15 is 0 Å². The van der Waals surface area contributed by atoms with Crippen LogP contribution in [-0.4, -0.2) is 25.8 Å². The van der Waals surface area contributed by atoms with Gasteiger partial charge < -0.3 is 9.47 Å². The van der Waals surface area contributed by atoms with Gasteiger partial charge >= 0.3 is 0 Å². The molecule has 0 radical (unpaired) electrons. The summed E-state index contributed by atoms with van der Waals surface area (Å²) in [6.07, 6.45) is 1.15. The predicted octanol–water partition coefficient (Wildman–Crippen LogP) is 2.65. The molecule has 98 valence electrons. The lowest BCUT2D eigenvalue weighted by atomic mass is 10.0. The van der Waals surface area contributed by atoms with Crippen molar-refractivity contribution < 1.29 is 19.1 Å². The maximum atomic E-state index is 11.9. The van der Waals surface area contributed by atoms with Gasteiger partial charge in [-0.15, -0.1) is 0 Å². The lowest BCUT2D eigenvalue weighted by Gasteiger charge is -2.08. The number of ether oxygens (including phenoxy) is 2. The number of methoxy groups -OCH3 is 2. The van der Waals surface area contributed by atoms with Crippen molar-refractivity contribution in [2.45, 2.75) is 26.2 Å². The van der Waals surface area contributed by atoms with Gasteiger partial charge in [-0.2, -0.15) is 0 Å². The molecular formula is C14H18O4. The van der Waals surface area contributed by atoms with Gasteiger partial charge in [-0.1, -0.05) is 6.92 Å². The van der Waals surface area contributed by atoms with Gasteiger partial charge in [-0.3, -0.25) is 9.59 Å². The molecule has 0 N–H and O–H groups in total. The van der Waals surface area contributed by atoms with Crippen LogP contribution in [0.25, 0.3) is 0 Å². The monoisotopic (exact) mass is 250 g/mol. The van der Waals surface area contributed by atoms with Gasteiger partial charge in [0.2, 0.25) is 0 Å². The van der Waals surface area contributed by atoms with Gasteiger partial charge in [0.15, 0.2) is 17.3 Å². The Morgan fingerprint density at radius 3 is 2.33 bits per heavy atom. The van der Waals surface area contributed by atoms with Crippen LogP contribution in [0.5, 0.6) is 11.5 Å². The summed E-state index contributed by atoms with van der Waals surface area (Å²) in [6, 6.07) is 4.90. The van der Waals surface area contributed by atoms with Crippen LogP contribution in [0, 0.1) is 0 Å². The van der Waals surface area contributed by atoms with E-state index in [4.69, 9.17) is 9.47 Å². The second-order valence-electron chi connectivity index (χ2n) is 3.96. The Hall–Kier alpha value is -1.84. The van der Waals surface area contributed by atoms with E-state index in [1.807, 2.05) is 6.92 Å². The molecule has 0 aliphatic carbocycles. The minimum absolute atomic E-state index is 0.0303. The first-order valence-electron chi connectivity index (χ1n) is 5.89. The molecule has 0 aromatic heterocycles. The highest BCUT2D eigenvalue weighted by Gasteiger charge is 2.13. The standard InChI is InChI=1S/C14H18O4/c1-4-5-11(15)9-12(16)10-6-7-13(17-2)14(8-10)18-3/h6-8H,4-5,9H2,1-3H3. The summed E-state index contributed by atoms with van der Waals surface area (Å²) in [4.78, 5) is 23.3. The lowest BCUT2D eigenvalue weighted by Crippen LogP contribution is -2.08. The van der Waals surface area contributed by atoms with Crippen LogP contribution in [0.4, 0.5) is 0 Å². The van der Waals surface area contributed by atoms with Crippen LogP contribution < -0.4 is 9.47 Å². The van der Waals surface area contributed by atoms with Crippen LogP contribution in [0.1, 0.15) is 36.5 Å². The highest BCUT2D eigenvalue weighted by molar-refractivity contribution is 6.08. The van der Waals surface area contributed by atoms with Crippen molar-refractivity contribution in [1.82, 2.24) is 0 Å². The molecule has 0 unspecified atom stereocenters. The van der Waals surface area contributed by atoms with E-state index in [0.29, 0.717) is 23.5 Å². The molecule has 0 fully saturated rings. The number of Topliss-reactive ketones (excluding diaryl/α,β-unsaturated/α-hetero) is 2. The first kappa shape index (κ1) is 14.2. The van der Waals surface area contributed by atoms with E-state index in [0.717, 1.165) is 6.42 Å². The van der Waals surface area contributed by atoms with Crippen LogP contribution in [0.3, 0.4) is 0 Å². The Morgan fingerprint density at radius 2 is 1.78 bits per heavy atom. The third-order valence-electron chi connectivity index (χ3n) is 2.59. The number of rotatable bonds is 7. The number of hydrogen-bond acceptors (Lipinski definition) is 4. The molecule has 0 saturated heterocycles. The van der Waals surface area contributed by atoms with E-state index in [1.54, 1.807) is 18.2 Å². The fraction of sp³-hybridized carbons (Fsp3) is 0.429. The third-order valence-corrected chi connectivity index (χ3v) is 2.59. The number of hydrogen-bond donors (Lipinski definition) is 0. The lowest BCUT2D eigenvalue weighted by molar-refractivity contribution is -0.118. The van der Waals surface area contributed by atoms with Crippen molar-refractivity contribution in [1.29, 1.82) is 0 Å². The topological polar surface area (TPSA) is 52.6 Å². The first-order valence-corrected chi connectivity index (χ1v) is 5.89. The number of carbonyl (C=O) groups excluding carboxylic acids is 2. The summed E-state index contributed by atoms with van der Waals surface area (Å²) in [5.41, 5.74) is 0.470. The third kappa shape index (κ3) is 3.58. The molecule has 4 nitrogen and oxygen atoms in total. The fourth-order valence-corrected chi connectivity index (χ4v) is 1.66. The van der Waals surface area contributed by atoms with Crippen molar-refractivity contribution in [3.8, 4) is 11.5 Å². The van der Waals surface area contributed by atoms with Gasteiger partial charge in [0.25, 0.3) is 0 Å². The molecule has 18 heavy (non-hydrogen) atoms. The van der Waals surface area contributed by atoms with Gasteiger partial charge in [-0.25, -0.2) is 0 Å². The van der Waals surface area contributed by atoms with E-state index in [1.165, 1.54) is 14.2 Å². The number of carbonyl (C=O) groups is 2. The summed E-state index contributed by atoms with van der Waals surface area (Å²) < 4.78 is 10.2. The van der Waals surface area contributed by atoms with Crippen molar-refractivity contribution in [2.75, 3.05) is 14.2 Å². The molecule has 0 aliphatic heterocycles. The Balaban J connectivity index is 2.83. The molecule has 0 amide bonds. The molecule has 0 spiro atoms. The minimum Gasteiger partial charge on any atom is -0.493 e. The largest absolute Gasteiger partial charge is 0.493 e. The van der Waals surface area contributed by atoms with Crippen LogP contribution in [0.15, 0.2) is 18.2 Å². The minimum atomic E-state index is -0.186. The zero-order valence-corrected chi connectivity index (χ0v) is 11.0. The predicted molar refractivity (Wildman–Crippen MR) is 68.4 cm³/mol. The highest BCUT2D eigenvalue weighted by atomic mass is 16.5. The van der Waals surface area contributed by atoms with Crippen LogP contribution in [-0.2, 0) is 4.79 Å². The van der Waals surface area contributed by atoms with Crippen LogP contribution in [0.2, 0.25) is 0 Å². The molecule has 0 heterocycles. The van der Waals surface area contributed by atoms with Gasteiger partial charge in [-0.05, 0) is 24.6 Å². The van der Waals surface area contributed by atoms with Crippen molar-refractivity contribution >= 4 is 11.6 Å². The summed E-state index contributed by atoms with van der Waals surface area (Å²) in [7, 11) is 3.04. The molecule has 0 saturated carbocycles. The van der Waals surface area contributed by atoms with E-state index in [-0.39, 0.29) is 18.0 Å². The first-order chi connectivity index (χ1) is 8.62. The second-order valence-corrected chi connectivity index (χ2v) is 3.96. The fourth-order valence-electron chi connectivity index (χ4n) is 1.66. The smallest absolute Gasteiger partial charge is 0.170 e. The molecular weight excluding hydrogens is 232 g/mol. The molecule has 0 atom stereocenters. The van der Waals surface area contributed by atoms with E-state index < -0.39 is 0 Å². The molecule has 1 rings (SSSR count). The zero-order chi connectivity index (χ0) is 13.5. The summed E-state index contributed by atoms with van der Waals surface area (Å²) in [5, 5.41) is 0. The average molecular weight is 250 g/mol. The summed E-state index contributed by atoms with van der Waals surface area (Å²) in [5.74, 6) is 0.840. The quantitative estimate of drug-likeness (QED) is 0.551. The maximum Gasteiger partial charge on any atom is 0.170 e. The van der Waals surface area contributed by atoms with Crippen molar-refractivity contribution in [2.24, 2.45) is 0 Å². The number of benzene rings is 1. The number of ketones is 2. The Kier molecular flexibility index (Phi) is 5.36. The Morgan fingerprint density at radius 1 is 1.11 bits per heavy atom. The molecule has 1 aromatic carbocycles. The Bertz CT molecular complexity index is 437. The normalized spacial score (nSPS) is 9.94. The van der Waals surface area contributed by atoms with Gasteiger partial charge in [0.1, 0.15) is 5.78 Å². The summed E-state index contributed by atoms with van der Waals surface area (Å²) >= 11 is 0. The summed E-state index contributed by atoms with van der Waals surface area (Å²) in [6.45, 7) is 1.92. The highest BCUT2D eigenvalue weighted by Crippen LogP contribution is 2.28. The molecule has 4 heteroatoms. The molecule has 1 aromatic rings. The Labute approximate surface area is 107 Å². The van der Waals surface area contributed by atoms with Crippen LogP contribution >= 0.6 is 0 Å². The van der Waals surface area contributed by atoms with Crippen molar-refractivity contribution in [3.63, 3.8) is 0 Å². The molecule has 0 aliphatic rings. The van der Waals surface area contributed by atoms with Gasteiger partial charge in [0.05, 0.1) is 20.6 Å². The van der Waals surface area contributed by atoms with E-state index in [2.05, 4.69) is 0 Å². The second kappa shape index (κ2) is 6.79. The van der Waals surface area contributed by atoms with Gasteiger partial charge in [0, 0.05) is 12.0 Å². The van der Waals surface area contributed by atoms with Crippen molar-refractivity contribution in [3.05, 3.63) is 23.8 Å². The molecule has 0 bridgehead atoms. The zero-order valence-electron chi connectivity index (χ0n) is 11.0. The van der Waals surface area contributed by atoms with E-state index in [9.17, 15) is 9.59 Å².